The summed E-state index contributed by atoms with van der Waals surface area (Å²) in [4.78, 5) is 21.0. The molecule has 0 spiro atoms. The Morgan fingerprint density at radius 2 is 1.92 bits per heavy atom. The number of aromatic nitrogens is 1. The molecule has 0 unspecified atom stereocenters. The molecule has 1 saturated heterocycles. The van der Waals surface area contributed by atoms with Crippen LogP contribution in [-0.2, 0) is 6.42 Å². The first-order valence-corrected chi connectivity index (χ1v) is 8.34. The van der Waals surface area contributed by atoms with Crippen molar-refractivity contribution in [1.82, 2.24) is 9.88 Å². The largest absolute Gasteiger partial charge is 0.353 e. The number of hydrogen-bond acceptors (Lipinski definition) is 3. The first-order chi connectivity index (χ1) is 11.6. The van der Waals surface area contributed by atoms with Crippen molar-refractivity contribution in [3.05, 3.63) is 59.0 Å². The van der Waals surface area contributed by atoms with Gasteiger partial charge in [-0.25, -0.2) is 9.37 Å². The maximum atomic E-state index is 13.8. The summed E-state index contributed by atoms with van der Waals surface area (Å²) < 4.78 is 13.8. The van der Waals surface area contributed by atoms with Crippen LogP contribution in [0.2, 0.25) is 0 Å². The molecule has 0 atom stereocenters. The van der Waals surface area contributed by atoms with Crippen LogP contribution in [0.25, 0.3) is 0 Å². The molecule has 2 heterocycles. The molecule has 0 aliphatic carbocycles. The molecular formula is C19H22FN3O. The van der Waals surface area contributed by atoms with Crippen molar-refractivity contribution in [2.45, 2.75) is 20.3 Å². The van der Waals surface area contributed by atoms with E-state index in [0.29, 0.717) is 26.2 Å². The van der Waals surface area contributed by atoms with Crippen LogP contribution in [0.5, 0.6) is 0 Å². The standard InChI is InChI=1S/C19H22FN3O/c1-3-15-12-14(2)18(21-13-15)22-8-10-23(11-9-22)19(24)16-6-4-5-7-17(16)20/h4-7,12-13H,3,8-11H2,1-2H3. The molecule has 126 valence electrons. The summed E-state index contributed by atoms with van der Waals surface area (Å²) in [5.74, 6) is 0.279. The van der Waals surface area contributed by atoms with Crippen LogP contribution < -0.4 is 4.90 Å². The lowest BCUT2D eigenvalue weighted by Gasteiger charge is -2.36. The summed E-state index contributed by atoms with van der Waals surface area (Å²) in [5.41, 5.74) is 2.53. The van der Waals surface area contributed by atoms with Crippen LogP contribution in [0.1, 0.15) is 28.4 Å². The summed E-state index contributed by atoms with van der Waals surface area (Å²) >= 11 is 0. The number of halogens is 1. The van der Waals surface area contributed by atoms with Crippen LogP contribution in [0.3, 0.4) is 0 Å². The van der Waals surface area contributed by atoms with Crippen LogP contribution in [0, 0.1) is 12.7 Å². The van der Waals surface area contributed by atoms with E-state index >= 15 is 0 Å². The smallest absolute Gasteiger partial charge is 0.256 e. The molecule has 1 amide bonds. The zero-order valence-corrected chi connectivity index (χ0v) is 14.1. The lowest BCUT2D eigenvalue weighted by Crippen LogP contribution is -2.49. The molecule has 4 nitrogen and oxygen atoms in total. The first kappa shape index (κ1) is 16.4. The van der Waals surface area contributed by atoms with E-state index in [1.165, 1.54) is 11.6 Å². The molecule has 1 aromatic carbocycles. The van der Waals surface area contributed by atoms with Crippen LogP contribution in [0.15, 0.2) is 36.5 Å². The van der Waals surface area contributed by atoms with Gasteiger partial charge < -0.3 is 9.80 Å². The predicted molar refractivity (Wildman–Crippen MR) is 92.9 cm³/mol. The van der Waals surface area contributed by atoms with E-state index in [4.69, 9.17) is 0 Å². The monoisotopic (exact) mass is 327 g/mol. The van der Waals surface area contributed by atoms with Crippen molar-refractivity contribution in [1.29, 1.82) is 0 Å². The van der Waals surface area contributed by atoms with E-state index < -0.39 is 5.82 Å². The van der Waals surface area contributed by atoms with E-state index in [0.717, 1.165) is 17.8 Å². The molecule has 1 aromatic heterocycles. The van der Waals surface area contributed by atoms with Gasteiger partial charge in [0.1, 0.15) is 11.6 Å². The minimum Gasteiger partial charge on any atom is -0.353 e. The predicted octanol–water partition coefficient (Wildman–Crippen LogP) is 3.05. The van der Waals surface area contributed by atoms with Crippen LogP contribution in [-0.4, -0.2) is 42.0 Å². The maximum Gasteiger partial charge on any atom is 0.256 e. The van der Waals surface area contributed by atoms with Gasteiger partial charge in [0, 0.05) is 32.4 Å². The fourth-order valence-corrected chi connectivity index (χ4v) is 3.08. The van der Waals surface area contributed by atoms with Crippen molar-refractivity contribution >= 4 is 11.7 Å². The molecule has 0 N–H and O–H groups in total. The zero-order valence-electron chi connectivity index (χ0n) is 14.1. The lowest BCUT2D eigenvalue weighted by atomic mass is 10.1. The molecule has 1 aliphatic rings. The van der Waals surface area contributed by atoms with E-state index in [1.807, 2.05) is 6.20 Å². The average molecular weight is 327 g/mol. The lowest BCUT2D eigenvalue weighted by molar-refractivity contribution is 0.0742. The molecule has 1 fully saturated rings. The number of rotatable bonds is 3. The number of amides is 1. The second-order valence-corrected chi connectivity index (χ2v) is 6.10. The Labute approximate surface area is 141 Å². The highest BCUT2D eigenvalue weighted by Gasteiger charge is 2.25. The first-order valence-electron chi connectivity index (χ1n) is 8.34. The fraction of sp³-hybridized carbons (Fsp3) is 0.368. The number of piperazine rings is 1. The van der Waals surface area contributed by atoms with Crippen LogP contribution in [0.4, 0.5) is 10.2 Å². The minimum absolute atomic E-state index is 0.146. The van der Waals surface area contributed by atoms with Gasteiger partial charge in [-0.15, -0.1) is 0 Å². The highest BCUT2D eigenvalue weighted by atomic mass is 19.1. The van der Waals surface area contributed by atoms with Gasteiger partial charge in [0.05, 0.1) is 5.56 Å². The zero-order chi connectivity index (χ0) is 17.1. The topological polar surface area (TPSA) is 36.4 Å². The Bertz CT molecular complexity index is 739. The molecule has 5 heteroatoms. The third kappa shape index (κ3) is 3.25. The molecule has 3 rings (SSSR count). The quantitative estimate of drug-likeness (QED) is 0.869. The summed E-state index contributed by atoms with van der Waals surface area (Å²) in [6.07, 6.45) is 2.89. The van der Waals surface area contributed by atoms with Crippen molar-refractivity contribution in [3.8, 4) is 0 Å². The summed E-state index contributed by atoms with van der Waals surface area (Å²) in [6, 6.07) is 8.32. The number of pyridine rings is 1. The van der Waals surface area contributed by atoms with E-state index in [2.05, 4.69) is 29.8 Å². The Hall–Kier alpha value is -2.43. The van der Waals surface area contributed by atoms with Gasteiger partial charge in [-0.2, -0.15) is 0 Å². The highest BCUT2D eigenvalue weighted by molar-refractivity contribution is 5.94. The summed E-state index contributed by atoms with van der Waals surface area (Å²) in [6.45, 7) is 6.74. The third-order valence-electron chi connectivity index (χ3n) is 4.49. The summed E-state index contributed by atoms with van der Waals surface area (Å²) in [5, 5.41) is 0. The highest BCUT2D eigenvalue weighted by Crippen LogP contribution is 2.21. The van der Waals surface area contributed by atoms with Gasteiger partial charge in [0.2, 0.25) is 0 Å². The number of carbonyl (C=O) groups is 1. The van der Waals surface area contributed by atoms with Crippen molar-refractivity contribution in [2.24, 2.45) is 0 Å². The molecule has 1 aliphatic heterocycles. The SMILES string of the molecule is CCc1cnc(N2CCN(C(=O)c3ccccc3F)CC2)c(C)c1. The Morgan fingerprint density at radius 1 is 1.21 bits per heavy atom. The number of aryl methyl sites for hydroxylation is 2. The molecule has 0 bridgehead atoms. The van der Waals surface area contributed by atoms with Gasteiger partial charge >= 0.3 is 0 Å². The fourth-order valence-electron chi connectivity index (χ4n) is 3.08. The van der Waals surface area contributed by atoms with E-state index in [-0.39, 0.29) is 11.5 Å². The number of nitrogens with zero attached hydrogens (tertiary/aromatic N) is 3. The van der Waals surface area contributed by atoms with Gasteiger partial charge in [-0.3, -0.25) is 4.79 Å². The van der Waals surface area contributed by atoms with Crippen molar-refractivity contribution in [3.63, 3.8) is 0 Å². The Kier molecular flexibility index (Phi) is 4.79. The van der Waals surface area contributed by atoms with E-state index in [1.54, 1.807) is 23.1 Å². The third-order valence-corrected chi connectivity index (χ3v) is 4.49. The van der Waals surface area contributed by atoms with Crippen molar-refractivity contribution in [2.75, 3.05) is 31.1 Å². The molecule has 24 heavy (non-hydrogen) atoms. The molecule has 0 radical (unpaired) electrons. The number of anilines is 1. The van der Waals surface area contributed by atoms with Gasteiger partial charge in [0.25, 0.3) is 5.91 Å². The maximum absolute atomic E-state index is 13.8. The number of benzene rings is 1. The van der Waals surface area contributed by atoms with Gasteiger partial charge in [-0.1, -0.05) is 25.1 Å². The second-order valence-electron chi connectivity index (χ2n) is 6.10. The number of hydrogen-bond donors (Lipinski definition) is 0. The normalized spacial score (nSPS) is 14.8. The molecule has 0 saturated carbocycles. The Balaban J connectivity index is 1.68. The number of carbonyl (C=O) groups excluding carboxylic acids is 1. The van der Waals surface area contributed by atoms with Gasteiger partial charge in [-0.05, 0) is 36.6 Å². The summed E-state index contributed by atoms with van der Waals surface area (Å²) in [7, 11) is 0. The van der Waals surface area contributed by atoms with Gasteiger partial charge in [0.15, 0.2) is 0 Å². The van der Waals surface area contributed by atoms with E-state index in [9.17, 15) is 9.18 Å². The van der Waals surface area contributed by atoms with Crippen LogP contribution >= 0.6 is 0 Å². The molecule has 2 aromatic rings. The molecular weight excluding hydrogens is 305 g/mol. The average Bonchev–Trinajstić information content (AvgIpc) is 2.61. The second kappa shape index (κ2) is 6.99. The minimum atomic E-state index is -0.461. The Morgan fingerprint density at radius 3 is 2.54 bits per heavy atom. The van der Waals surface area contributed by atoms with Crippen molar-refractivity contribution < 1.29 is 9.18 Å².